The van der Waals surface area contributed by atoms with Crippen LogP contribution in [0.3, 0.4) is 0 Å². The van der Waals surface area contributed by atoms with Crippen LogP contribution in [0, 0.1) is 18.3 Å². The van der Waals surface area contributed by atoms with Crippen LogP contribution in [-0.2, 0) is 6.54 Å². The molecule has 96 valence electrons. The highest BCUT2D eigenvalue weighted by Crippen LogP contribution is 2.12. The maximum Gasteiger partial charge on any atom is 0.145 e. The number of nitrogens with zero attached hydrogens (tertiary/aromatic N) is 3. The smallest absolute Gasteiger partial charge is 0.145 e. The van der Waals surface area contributed by atoms with E-state index in [1.807, 2.05) is 18.2 Å². The van der Waals surface area contributed by atoms with E-state index in [4.69, 9.17) is 11.1 Å². The van der Waals surface area contributed by atoms with Crippen LogP contribution in [0.1, 0.15) is 17.0 Å². The average molecular weight is 254 g/mol. The monoisotopic (exact) mass is 254 g/mol. The third kappa shape index (κ3) is 3.40. The second-order valence-corrected chi connectivity index (χ2v) is 4.00. The molecule has 0 aliphatic carbocycles. The van der Waals surface area contributed by atoms with Gasteiger partial charge < -0.3 is 10.7 Å². The number of hydrazine groups is 1. The number of aryl methyl sites for hydroxylation is 1. The fraction of sp³-hybridized carbons (Fsp3) is 0.154. The quantitative estimate of drug-likeness (QED) is 0.565. The molecule has 0 aliphatic heterocycles. The van der Waals surface area contributed by atoms with Crippen molar-refractivity contribution >= 4 is 11.6 Å². The van der Waals surface area contributed by atoms with Crippen molar-refractivity contribution in [2.45, 2.75) is 13.5 Å². The topological polar surface area (TPSA) is 99.6 Å². The minimum absolute atomic E-state index is 0.556. The molecule has 1 heterocycles. The van der Waals surface area contributed by atoms with Gasteiger partial charge >= 0.3 is 0 Å². The molecule has 1 aromatic carbocycles. The zero-order chi connectivity index (χ0) is 13.7. The van der Waals surface area contributed by atoms with Crippen molar-refractivity contribution in [3.63, 3.8) is 0 Å². The second-order valence-electron chi connectivity index (χ2n) is 4.00. The highest BCUT2D eigenvalue weighted by atomic mass is 15.3. The molecule has 4 N–H and O–H groups in total. The van der Waals surface area contributed by atoms with Crippen molar-refractivity contribution in [2.75, 3.05) is 10.7 Å². The van der Waals surface area contributed by atoms with E-state index >= 15 is 0 Å². The molecule has 0 unspecified atom stereocenters. The zero-order valence-corrected chi connectivity index (χ0v) is 10.5. The Bertz CT molecular complexity index is 617. The molecule has 0 fully saturated rings. The molecule has 0 radical (unpaired) electrons. The number of anilines is 2. The van der Waals surface area contributed by atoms with Gasteiger partial charge in [0.1, 0.15) is 17.5 Å². The molecule has 0 aliphatic rings. The second kappa shape index (κ2) is 5.80. The predicted molar refractivity (Wildman–Crippen MR) is 73.1 cm³/mol. The van der Waals surface area contributed by atoms with Crippen LogP contribution in [-0.4, -0.2) is 9.97 Å². The lowest BCUT2D eigenvalue weighted by atomic mass is 10.1. The van der Waals surface area contributed by atoms with E-state index in [-0.39, 0.29) is 0 Å². The molecule has 0 saturated heterocycles. The molecule has 6 heteroatoms. The zero-order valence-electron chi connectivity index (χ0n) is 10.5. The molecule has 1 aromatic heterocycles. The van der Waals surface area contributed by atoms with Crippen molar-refractivity contribution in [2.24, 2.45) is 5.84 Å². The van der Waals surface area contributed by atoms with Gasteiger partial charge in [-0.15, -0.1) is 0 Å². The van der Waals surface area contributed by atoms with Crippen molar-refractivity contribution in [1.29, 1.82) is 5.26 Å². The molecule has 0 saturated carbocycles. The first-order valence-corrected chi connectivity index (χ1v) is 5.76. The van der Waals surface area contributed by atoms with E-state index in [2.05, 4.69) is 26.8 Å². The fourth-order valence-electron chi connectivity index (χ4n) is 1.68. The van der Waals surface area contributed by atoms with E-state index in [0.29, 0.717) is 29.6 Å². The van der Waals surface area contributed by atoms with Gasteiger partial charge in [0.2, 0.25) is 0 Å². The molecule has 0 bridgehead atoms. The molecule has 0 amide bonds. The normalized spacial score (nSPS) is 9.74. The van der Waals surface area contributed by atoms with Crippen LogP contribution in [0.5, 0.6) is 0 Å². The largest absolute Gasteiger partial charge is 0.366 e. The Balaban J connectivity index is 2.10. The summed E-state index contributed by atoms with van der Waals surface area (Å²) in [5.41, 5.74) is 4.14. The lowest BCUT2D eigenvalue weighted by Crippen LogP contribution is -2.11. The highest BCUT2D eigenvalue weighted by molar-refractivity contribution is 5.47. The van der Waals surface area contributed by atoms with E-state index in [9.17, 15) is 0 Å². The van der Waals surface area contributed by atoms with Gasteiger partial charge in [-0.05, 0) is 24.6 Å². The molecule has 19 heavy (non-hydrogen) atoms. The van der Waals surface area contributed by atoms with Gasteiger partial charge in [0.25, 0.3) is 0 Å². The molecular formula is C13H14N6. The Labute approximate surface area is 111 Å². The van der Waals surface area contributed by atoms with E-state index in [0.717, 1.165) is 5.56 Å². The van der Waals surface area contributed by atoms with Gasteiger partial charge in [-0.25, -0.2) is 15.8 Å². The summed E-state index contributed by atoms with van der Waals surface area (Å²) in [5.74, 6) is 7.20. The third-order valence-electron chi connectivity index (χ3n) is 2.52. The average Bonchev–Trinajstić information content (AvgIpc) is 2.44. The van der Waals surface area contributed by atoms with Gasteiger partial charge in [-0.1, -0.05) is 12.1 Å². The minimum atomic E-state index is 0.556. The molecule has 2 aromatic rings. The van der Waals surface area contributed by atoms with Gasteiger partial charge in [0.05, 0.1) is 11.6 Å². The Morgan fingerprint density at radius 3 is 2.79 bits per heavy atom. The van der Waals surface area contributed by atoms with Gasteiger partial charge in [-0.3, -0.25) is 0 Å². The standard InChI is InChI=1S/C13H14N6/c1-9-17-12(6-13(18-9)19-15)16-8-11-4-2-3-10(5-11)7-14/h2-6H,8,15H2,1H3,(H2,16,17,18,19). The molecule has 2 rings (SSSR count). The predicted octanol–water partition coefficient (Wildman–Crippen LogP) is 1.55. The Kier molecular flexibility index (Phi) is 3.90. The summed E-state index contributed by atoms with van der Waals surface area (Å²) in [4.78, 5) is 8.36. The molecule has 0 spiro atoms. The van der Waals surface area contributed by atoms with Crippen LogP contribution in [0.15, 0.2) is 30.3 Å². The summed E-state index contributed by atoms with van der Waals surface area (Å²) in [7, 11) is 0. The maximum absolute atomic E-state index is 8.84. The summed E-state index contributed by atoms with van der Waals surface area (Å²) in [5, 5.41) is 12.0. The maximum atomic E-state index is 8.84. The summed E-state index contributed by atoms with van der Waals surface area (Å²) in [6.45, 7) is 2.37. The highest BCUT2D eigenvalue weighted by Gasteiger charge is 2.01. The minimum Gasteiger partial charge on any atom is -0.366 e. The Morgan fingerprint density at radius 2 is 2.05 bits per heavy atom. The number of hydrogen-bond acceptors (Lipinski definition) is 6. The van der Waals surface area contributed by atoms with E-state index in [1.54, 1.807) is 19.1 Å². The Hall–Kier alpha value is -2.65. The Morgan fingerprint density at radius 1 is 1.26 bits per heavy atom. The molecule has 0 atom stereocenters. The number of benzene rings is 1. The van der Waals surface area contributed by atoms with Gasteiger partial charge in [-0.2, -0.15) is 5.26 Å². The summed E-state index contributed by atoms with van der Waals surface area (Å²) >= 11 is 0. The summed E-state index contributed by atoms with van der Waals surface area (Å²) in [6.07, 6.45) is 0. The van der Waals surface area contributed by atoms with Crippen LogP contribution in [0.2, 0.25) is 0 Å². The molecule has 6 nitrogen and oxygen atoms in total. The fourth-order valence-corrected chi connectivity index (χ4v) is 1.68. The van der Waals surface area contributed by atoms with E-state index in [1.165, 1.54) is 0 Å². The van der Waals surface area contributed by atoms with Crippen LogP contribution < -0.4 is 16.6 Å². The number of nitriles is 1. The number of rotatable bonds is 4. The lowest BCUT2D eigenvalue weighted by molar-refractivity contribution is 1.02. The van der Waals surface area contributed by atoms with Crippen LogP contribution in [0.4, 0.5) is 11.6 Å². The van der Waals surface area contributed by atoms with Crippen molar-refractivity contribution in [1.82, 2.24) is 9.97 Å². The summed E-state index contributed by atoms with van der Waals surface area (Å²) in [6, 6.07) is 11.2. The summed E-state index contributed by atoms with van der Waals surface area (Å²) < 4.78 is 0. The van der Waals surface area contributed by atoms with Crippen molar-refractivity contribution in [3.8, 4) is 6.07 Å². The van der Waals surface area contributed by atoms with Crippen LogP contribution >= 0.6 is 0 Å². The number of nitrogens with two attached hydrogens (primary N) is 1. The van der Waals surface area contributed by atoms with Crippen molar-refractivity contribution in [3.05, 3.63) is 47.3 Å². The lowest BCUT2D eigenvalue weighted by Gasteiger charge is -2.08. The third-order valence-corrected chi connectivity index (χ3v) is 2.52. The number of nitrogen functional groups attached to an aromatic ring is 1. The van der Waals surface area contributed by atoms with Crippen LogP contribution in [0.25, 0.3) is 0 Å². The first-order valence-electron chi connectivity index (χ1n) is 5.76. The SMILES string of the molecule is Cc1nc(NN)cc(NCc2cccc(C#N)c2)n1. The van der Waals surface area contributed by atoms with Crippen molar-refractivity contribution < 1.29 is 0 Å². The van der Waals surface area contributed by atoms with Gasteiger partial charge in [0, 0.05) is 12.6 Å². The first-order chi connectivity index (χ1) is 9.21. The number of nitrogens with one attached hydrogen (secondary N) is 2. The number of hydrogen-bond donors (Lipinski definition) is 3. The van der Waals surface area contributed by atoms with Gasteiger partial charge in [0.15, 0.2) is 0 Å². The molecular weight excluding hydrogens is 240 g/mol. The number of aromatic nitrogens is 2. The first kappa shape index (κ1) is 12.8. The van der Waals surface area contributed by atoms with E-state index < -0.39 is 0 Å².